The third-order valence-corrected chi connectivity index (χ3v) is 6.58. The molecule has 0 fully saturated rings. The molecule has 1 aromatic rings. The number of rotatable bonds is 2. The van der Waals surface area contributed by atoms with Crippen molar-refractivity contribution in [1.29, 1.82) is 0 Å². The van der Waals surface area contributed by atoms with E-state index in [9.17, 15) is 39.6 Å². The minimum atomic E-state index is -2.61. The first kappa shape index (κ1) is 21.6. The van der Waals surface area contributed by atoms with Crippen LogP contribution in [0, 0.1) is 11.8 Å². The Hall–Kier alpha value is -3.66. The first-order valence-electron chi connectivity index (χ1n) is 9.95. The van der Waals surface area contributed by atoms with Gasteiger partial charge in [0.05, 0.1) is 5.56 Å². The van der Waals surface area contributed by atoms with Gasteiger partial charge in [0.25, 0.3) is 11.8 Å². The number of hydrogen-bond donors (Lipinski definition) is 5. The highest BCUT2D eigenvalue weighted by atomic mass is 16.3. The van der Waals surface area contributed by atoms with E-state index in [0.29, 0.717) is 5.56 Å². The van der Waals surface area contributed by atoms with Crippen LogP contribution in [0.4, 0.5) is 0 Å². The molecule has 0 saturated carbocycles. The molecule has 10 heteroatoms. The molecular formula is C22H22N2O8. The molecule has 2 amide bonds. The number of benzene rings is 1. The van der Waals surface area contributed by atoms with Crippen LogP contribution in [0.5, 0.6) is 5.75 Å². The zero-order valence-corrected chi connectivity index (χ0v) is 17.4. The number of phenolic OH excluding ortho intramolecular Hbond substituents is 1. The van der Waals surface area contributed by atoms with Gasteiger partial charge in [0.1, 0.15) is 22.8 Å². The highest BCUT2D eigenvalue weighted by Gasteiger charge is 2.59. The van der Waals surface area contributed by atoms with Gasteiger partial charge < -0.3 is 31.1 Å². The average molecular weight is 442 g/mol. The van der Waals surface area contributed by atoms with E-state index in [1.165, 1.54) is 17.0 Å². The number of amides is 2. The highest BCUT2D eigenvalue weighted by Crippen LogP contribution is 2.51. The fourth-order valence-corrected chi connectivity index (χ4v) is 5.06. The molecule has 0 aliphatic heterocycles. The predicted octanol–water partition coefficient (Wildman–Crippen LogP) is 0.282. The second-order valence-corrected chi connectivity index (χ2v) is 8.60. The van der Waals surface area contributed by atoms with Crippen molar-refractivity contribution in [3.05, 3.63) is 51.5 Å². The number of carbonyl (C=O) groups is 4. The maximum absolute atomic E-state index is 13.4. The molecule has 0 heterocycles. The van der Waals surface area contributed by atoms with Crippen LogP contribution in [-0.4, -0.2) is 68.4 Å². The SMILES string of the molecule is CN(C)C(=O)c1ccc(O)c2c1C[C@H]1C[C@H]3CC(O)=C(C(N)=O)C(=O)[C@@]3(O)C(O)=C1C2=O. The van der Waals surface area contributed by atoms with Crippen LogP contribution in [0.15, 0.2) is 34.8 Å². The number of aromatic hydroxyl groups is 1. The minimum Gasteiger partial charge on any atom is -0.511 e. The lowest BCUT2D eigenvalue weighted by Gasteiger charge is -2.45. The smallest absolute Gasteiger partial charge is 0.255 e. The summed E-state index contributed by atoms with van der Waals surface area (Å²) in [5.74, 6) is -7.36. The molecule has 3 aliphatic rings. The number of fused-ring (bicyclic) bond motifs is 3. The number of phenols is 1. The molecular weight excluding hydrogens is 420 g/mol. The number of hydrogen-bond acceptors (Lipinski definition) is 8. The van der Waals surface area contributed by atoms with Crippen molar-refractivity contribution in [3.8, 4) is 5.75 Å². The van der Waals surface area contributed by atoms with Gasteiger partial charge >= 0.3 is 0 Å². The van der Waals surface area contributed by atoms with Gasteiger partial charge in [0.15, 0.2) is 11.4 Å². The molecule has 1 aromatic carbocycles. The van der Waals surface area contributed by atoms with E-state index >= 15 is 0 Å². The summed E-state index contributed by atoms with van der Waals surface area (Å²) in [6.45, 7) is 0. The van der Waals surface area contributed by atoms with Gasteiger partial charge in [0, 0.05) is 37.6 Å². The molecule has 4 rings (SSSR count). The molecule has 0 bridgehead atoms. The largest absolute Gasteiger partial charge is 0.511 e. The standard InChI is InChI=1S/C22H22N2O8/c1-24(2)21(31)10-3-4-12(25)15-11(10)6-8-5-9-7-13(26)16(20(23)30)19(29)22(9,32)18(28)14(8)17(15)27/h3-4,8-9,25-26,28,32H,5-7H2,1-2H3,(H2,23,30)/t8-,9+,22+/m1/s1. The summed E-state index contributed by atoms with van der Waals surface area (Å²) in [5.41, 5.74) is 1.81. The number of allylic oxidation sites excluding steroid dienone is 2. The Morgan fingerprint density at radius 2 is 1.78 bits per heavy atom. The van der Waals surface area contributed by atoms with Crippen LogP contribution in [0.25, 0.3) is 0 Å². The van der Waals surface area contributed by atoms with Gasteiger partial charge in [-0.3, -0.25) is 19.2 Å². The van der Waals surface area contributed by atoms with E-state index in [0.717, 1.165) is 0 Å². The van der Waals surface area contributed by atoms with Gasteiger partial charge in [0.2, 0.25) is 5.78 Å². The number of aliphatic hydroxyl groups is 3. The van der Waals surface area contributed by atoms with Crippen molar-refractivity contribution >= 4 is 23.4 Å². The number of carbonyl (C=O) groups excluding carboxylic acids is 4. The van der Waals surface area contributed by atoms with E-state index in [4.69, 9.17) is 5.73 Å². The predicted molar refractivity (Wildman–Crippen MR) is 109 cm³/mol. The van der Waals surface area contributed by atoms with Crippen LogP contribution in [0.3, 0.4) is 0 Å². The molecule has 32 heavy (non-hydrogen) atoms. The van der Waals surface area contributed by atoms with Gasteiger partial charge in [-0.25, -0.2) is 0 Å². The van der Waals surface area contributed by atoms with Crippen molar-refractivity contribution in [3.63, 3.8) is 0 Å². The maximum Gasteiger partial charge on any atom is 0.255 e. The maximum atomic E-state index is 13.4. The van der Waals surface area contributed by atoms with E-state index in [-0.39, 0.29) is 41.9 Å². The molecule has 6 N–H and O–H groups in total. The van der Waals surface area contributed by atoms with Crippen molar-refractivity contribution in [2.75, 3.05) is 14.1 Å². The monoisotopic (exact) mass is 442 g/mol. The number of nitrogens with zero attached hydrogens (tertiary/aromatic N) is 1. The Labute approximate surface area is 182 Å². The summed E-state index contributed by atoms with van der Waals surface area (Å²) in [6, 6.07) is 2.61. The summed E-state index contributed by atoms with van der Waals surface area (Å²) in [5, 5.41) is 42.6. The van der Waals surface area contributed by atoms with Crippen LogP contribution in [-0.2, 0) is 16.0 Å². The molecule has 3 aliphatic carbocycles. The van der Waals surface area contributed by atoms with Crippen molar-refractivity contribution in [2.45, 2.75) is 24.9 Å². The van der Waals surface area contributed by atoms with Crippen molar-refractivity contribution in [1.82, 2.24) is 4.90 Å². The fourth-order valence-electron chi connectivity index (χ4n) is 5.06. The second-order valence-electron chi connectivity index (χ2n) is 8.60. The molecule has 0 spiro atoms. The third-order valence-electron chi connectivity index (χ3n) is 6.58. The fraction of sp³-hybridized carbons (Fsp3) is 0.364. The summed E-state index contributed by atoms with van der Waals surface area (Å²) in [7, 11) is 3.09. The lowest BCUT2D eigenvalue weighted by atomic mass is 9.60. The number of primary amides is 1. The number of Topliss-reactive ketones (excluding diaryl/α,β-unsaturated/α-hetero) is 2. The quantitative estimate of drug-likeness (QED) is 0.405. The Morgan fingerprint density at radius 1 is 1.12 bits per heavy atom. The zero-order valence-electron chi connectivity index (χ0n) is 17.4. The minimum absolute atomic E-state index is 0.00810. The van der Waals surface area contributed by atoms with Gasteiger partial charge in [-0.1, -0.05) is 0 Å². The Balaban J connectivity index is 1.91. The van der Waals surface area contributed by atoms with E-state index in [2.05, 4.69) is 0 Å². The van der Waals surface area contributed by atoms with Crippen LogP contribution in [0.2, 0.25) is 0 Å². The van der Waals surface area contributed by atoms with Crippen molar-refractivity contribution in [2.24, 2.45) is 17.6 Å². The second kappa shape index (κ2) is 6.92. The highest BCUT2D eigenvalue weighted by molar-refractivity contribution is 6.24. The van der Waals surface area contributed by atoms with Gasteiger partial charge in [-0.2, -0.15) is 0 Å². The number of aliphatic hydroxyl groups excluding tert-OH is 2. The number of ketones is 2. The molecule has 3 atom stereocenters. The van der Waals surface area contributed by atoms with Gasteiger partial charge in [-0.15, -0.1) is 0 Å². The van der Waals surface area contributed by atoms with Crippen LogP contribution < -0.4 is 5.73 Å². The first-order valence-corrected chi connectivity index (χ1v) is 9.95. The molecule has 0 unspecified atom stereocenters. The topological polar surface area (TPSA) is 178 Å². The lowest BCUT2D eigenvalue weighted by molar-refractivity contribution is -0.144. The average Bonchev–Trinajstić information content (AvgIpc) is 2.70. The van der Waals surface area contributed by atoms with E-state index in [1.54, 1.807) is 14.1 Å². The van der Waals surface area contributed by atoms with Gasteiger partial charge in [-0.05, 0) is 36.5 Å². The van der Waals surface area contributed by atoms with Crippen LogP contribution >= 0.6 is 0 Å². The Kier molecular flexibility index (Phi) is 4.67. The Morgan fingerprint density at radius 3 is 2.38 bits per heavy atom. The summed E-state index contributed by atoms with van der Waals surface area (Å²) in [4.78, 5) is 51.8. The van der Waals surface area contributed by atoms with Crippen molar-refractivity contribution < 1.29 is 39.6 Å². The summed E-state index contributed by atoms with van der Waals surface area (Å²) in [6.07, 6.45) is -0.217. The Bertz CT molecular complexity index is 1180. The molecule has 0 radical (unpaired) electrons. The normalized spacial score (nSPS) is 27.0. The summed E-state index contributed by atoms with van der Waals surface area (Å²) >= 11 is 0. The summed E-state index contributed by atoms with van der Waals surface area (Å²) < 4.78 is 0. The molecule has 10 nitrogen and oxygen atoms in total. The van der Waals surface area contributed by atoms with Crippen LogP contribution in [0.1, 0.15) is 39.1 Å². The number of nitrogens with two attached hydrogens (primary N) is 1. The lowest BCUT2D eigenvalue weighted by Crippen LogP contribution is -2.57. The molecule has 0 aromatic heterocycles. The molecule has 0 saturated heterocycles. The zero-order chi connectivity index (χ0) is 23.7. The molecule has 168 valence electrons. The third kappa shape index (κ3) is 2.69. The van der Waals surface area contributed by atoms with E-state index in [1.807, 2.05) is 0 Å². The first-order chi connectivity index (χ1) is 14.9. The van der Waals surface area contributed by atoms with E-state index < -0.39 is 57.8 Å².